The van der Waals surface area contributed by atoms with E-state index in [0.717, 1.165) is 16.8 Å². The van der Waals surface area contributed by atoms with Gasteiger partial charge in [-0.2, -0.15) is 5.10 Å². The smallest absolute Gasteiger partial charge is 0.256 e. The van der Waals surface area contributed by atoms with Gasteiger partial charge in [0.05, 0.1) is 11.9 Å². The lowest BCUT2D eigenvalue weighted by Crippen LogP contribution is -2.15. The van der Waals surface area contributed by atoms with Crippen LogP contribution in [0.5, 0.6) is 0 Å². The number of aromatic amines is 1. The third-order valence-electron chi connectivity index (χ3n) is 3.65. The second-order valence-corrected chi connectivity index (χ2v) is 5.33. The maximum absolute atomic E-state index is 11.8. The molecule has 24 heavy (non-hydrogen) atoms. The molecule has 0 aliphatic carbocycles. The van der Waals surface area contributed by atoms with Gasteiger partial charge < -0.3 is 16.4 Å². The van der Waals surface area contributed by atoms with Crippen molar-refractivity contribution < 1.29 is 4.79 Å². The summed E-state index contributed by atoms with van der Waals surface area (Å²) in [5.41, 5.74) is 8.82. The number of amides is 1. The SMILES string of the molecule is Cc1ccccc1CNc1n[nH]c(Nc2cccnc2)c1C(N)=O. The predicted molar refractivity (Wildman–Crippen MR) is 93.1 cm³/mol. The summed E-state index contributed by atoms with van der Waals surface area (Å²) < 4.78 is 0. The zero-order chi connectivity index (χ0) is 16.9. The van der Waals surface area contributed by atoms with Crippen LogP contribution in [0.15, 0.2) is 48.8 Å². The summed E-state index contributed by atoms with van der Waals surface area (Å²) in [5.74, 6) is 0.280. The first kappa shape index (κ1) is 15.5. The van der Waals surface area contributed by atoms with Crippen LogP contribution in [0.2, 0.25) is 0 Å². The monoisotopic (exact) mass is 322 g/mol. The topological polar surface area (TPSA) is 109 Å². The molecule has 0 fully saturated rings. The van der Waals surface area contributed by atoms with E-state index in [4.69, 9.17) is 5.73 Å². The van der Waals surface area contributed by atoms with Gasteiger partial charge in [0.25, 0.3) is 5.91 Å². The van der Waals surface area contributed by atoms with Crippen molar-refractivity contribution in [3.05, 3.63) is 65.5 Å². The van der Waals surface area contributed by atoms with Crippen LogP contribution in [-0.4, -0.2) is 21.1 Å². The molecule has 0 aliphatic rings. The van der Waals surface area contributed by atoms with Crippen molar-refractivity contribution in [1.82, 2.24) is 15.2 Å². The number of carbonyl (C=O) groups is 1. The van der Waals surface area contributed by atoms with E-state index in [1.54, 1.807) is 18.5 Å². The molecule has 7 heteroatoms. The van der Waals surface area contributed by atoms with E-state index in [1.807, 2.05) is 37.3 Å². The number of hydrogen-bond donors (Lipinski definition) is 4. The minimum absolute atomic E-state index is 0.285. The highest BCUT2D eigenvalue weighted by atomic mass is 16.1. The van der Waals surface area contributed by atoms with Crippen molar-refractivity contribution >= 4 is 23.2 Å². The highest BCUT2D eigenvalue weighted by Crippen LogP contribution is 2.24. The predicted octanol–water partition coefficient (Wildman–Crippen LogP) is 2.57. The van der Waals surface area contributed by atoms with Gasteiger partial charge in [-0.25, -0.2) is 0 Å². The Balaban J connectivity index is 1.81. The Morgan fingerprint density at radius 1 is 1.25 bits per heavy atom. The molecular weight excluding hydrogens is 304 g/mol. The highest BCUT2D eigenvalue weighted by molar-refractivity contribution is 6.03. The Bertz CT molecular complexity index is 843. The Morgan fingerprint density at radius 2 is 2.08 bits per heavy atom. The number of hydrogen-bond acceptors (Lipinski definition) is 5. The Kier molecular flexibility index (Phi) is 4.42. The first-order valence-corrected chi connectivity index (χ1v) is 7.48. The van der Waals surface area contributed by atoms with Gasteiger partial charge >= 0.3 is 0 Å². The number of H-pyrrole nitrogens is 1. The van der Waals surface area contributed by atoms with Crippen LogP contribution in [0.3, 0.4) is 0 Å². The molecule has 0 atom stereocenters. The molecule has 3 aromatic rings. The van der Waals surface area contributed by atoms with E-state index in [2.05, 4.69) is 25.8 Å². The van der Waals surface area contributed by atoms with Crippen molar-refractivity contribution in [3.8, 4) is 0 Å². The molecule has 0 unspecified atom stereocenters. The van der Waals surface area contributed by atoms with Crippen LogP contribution >= 0.6 is 0 Å². The van der Waals surface area contributed by atoms with Crippen molar-refractivity contribution in [1.29, 1.82) is 0 Å². The van der Waals surface area contributed by atoms with Gasteiger partial charge in [0.15, 0.2) is 5.82 Å². The molecule has 1 aromatic carbocycles. The number of carbonyl (C=O) groups excluding carboxylic acids is 1. The third kappa shape index (κ3) is 3.35. The van der Waals surface area contributed by atoms with Crippen molar-refractivity contribution in [2.75, 3.05) is 10.6 Å². The van der Waals surface area contributed by atoms with Crippen molar-refractivity contribution in [3.63, 3.8) is 0 Å². The second kappa shape index (κ2) is 6.82. The fourth-order valence-corrected chi connectivity index (χ4v) is 2.37. The quantitative estimate of drug-likeness (QED) is 0.558. The molecule has 3 rings (SSSR count). The van der Waals surface area contributed by atoms with E-state index < -0.39 is 5.91 Å². The second-order valence-electron chi connectivity index (χ2n) is 5.33. The minimum Gasteiger partial charge on any atom is -0.365 e. The summed E-state index contributed by atoms with van der Waals surface area (Å²) in [6.45, 7) is 2.58. The standard InChI is InChI=1S/C17H18N6O/c1-11-5-2-3-6-12(11)9-20-16-14(15(18)24)17(23-22-16)21-13-7-4-8-19-10-13/h2-8,10H,9H2,1H3,(H2,18,24)(H3,20,21,22,23). The van der Waals surface area contributed by atoms with Gasteiger partial charge in [-0.15, -0.1) is 0 Å². The molecule has 122 valence electrons. The third-order valence-corrected chi connectivity index (χ3v) is 3.65. The molecule has 2 aromatic heterocycles. The van der Waals surface area contributed by atoms with E-state index in [9.17, 15) is 4.79 Å². The molecule has 0 aliphatic heterocycles. The number of rotatable bonds is 6. The van der Waals surface area contributed by atoms with Crippen LogP contribution in [-0.2, 0) is 6.54 Å². The summed E-state index contributed by atoms with van der Waals surface area (Å²) in [7, 11) is 0. The van der Waals surface area contributed by atoms with Gasteiger partial charge in [-0.3, -0.25) is 14.9 Å². The molecule has 0 spiro atoms. The zero-order valence-electron chi connectivity index (χ0n) is 13.2. The lowest BCUT2D eigenvalue weighted by Gasteiger charge is -2.08. The Labute approximate surface area is 139 Å². The maximum Gasteiger partial charge on any atom is 0.256 e. The molecule has 7 nitrogen and oxygen atoms in total. The molecule has 0 bridgehead atoms. The van der Waals surface area contributed by atoms with Gasteiger partial charge in [0.2, 0.25) is 0 Å². The maximum atomic E-state index is 11.8. The number of aryl methyl sites for hydroxylation is 1. The number of anilines is 3. The molecule has 1 amide bonds. The lowest BCUT2D eigenvalue weighted by molar-refractivity contribution is 0.100. The van der Waals surface area contributed by atoms with Crippen LogP contribution in [0.25, 0.3) is 0 Å². The summed E-state index contributed by atoms with van der Waals surface area (Å²) in [5, 5.41) is 13.2. The van der Waals surface area contributed by atoms with E-state index in [0.29, 0.717) is 18.2 Å². The van der Waals surface area contributed by atoms with E-state index >= 15 is 0 Å². The average Bonchev–Trinajstić information content (AvgIpc) is 2.98. The summed E-state index contributed by atoms with van der Waals surface area (Å²) in [6, 6.07) is 11.6. The number of nitrogens with two attached hydrogens (primary N) is 1. The van der Waals surface area contributed by atoms with Crippen LogP contribution in [0.1, 0.15) is 21.5 Å². The van der Waals surface area contributed by atoms with E-state index in [1.165, 1.54) is 0 Å². The fourth-order valence-electron chi connectivity index (χ4n) is 2.37. The summed E-state index contributed by atoms with van der Waals surface area (Å²) in [6.07, 6.45) is 3.31. The van der Waals surface area contributed by atoms with Crippen LogP contribution < -0.4 is 16.4 Å². The Hall–Kier alpha value is -3.35. The molecular formula is C17H18N6O. The number of aromatic nitrogens is 3. The van der Waals surface area contributed by atoms with Crippen molar-refractivity contribution in [2.24, 2.45) is 5.73 Å². The fraction of sp³-hybridized carbons (Fsp3) is 0.118. The van der Waals surface area contributed by atoms with Gasteiger partial charge in [0.1, 0.15) is 11.4 Å². The minimum atomic E-state index is -0.567. The number of benzene rings is 1. The lowest BCUT2D eigenvalue weighted by atomic mass is 10.1. The first-order chi connectivity index (χ1) is 11.6. The first-order valence-electron chi connectivity index (χ1n) is 7.48. The number of nitrogens with zero attached hydrogens (tertiary/aromatic N) is 2. The molecule has 5 N–H and O–H groups in total. The number of pyridine rings is 1. The largest absolute Gasteiger partial charge is 0.365 e. The highest BCUT2D eigenvalue weighted by Gasteiger charge is 2.18. The summed E-state index contributed by atoms with van der Waals surface area (Å²) in [4.78, 5) is 15.9. The van der Waals surface area contributed by atoms with Crippen LogP contribution in [0.4, 0.5) is 17.3 Å². The zero-order valence-corrected chi connectivity index (χ0v) is 13.2. The van der Waals surface area contributed by atoms with Crippen LogP contribution in [0, 0.1) is 6.92 Å². The molecule has 2 heterocycles. The molecule has 0 saturated carbocycles. The average molecular weight is 322 g/mol. The van der Waals surface area contributed by atoms with Crippen molar-refractivity contribution in [2.45, 2.75) is 13.5 Å². The molecule has 0 radical (unpaired) electrons. The number of primary amides is 1. The van der Waals surface area contributed by atoms with Gasteiger partial charge in [0, 0.05) is 12.7 Å². The summed E-state index contributed by atoms with van der Waals surface area (Å²) >= 11 is 0. The van der Waals surface area contributed by atoms with Gasteiger partial charge in [-0.05, 0) is 30.2 Å². The van der Waals surface area contributed by atoms with Gasteiger partial charge in [-0.1, -0.05) is 24.3 Å². The number of nitrogens with one attached hydrogen (secondary N) is 3. The Morgan fingerprint density at radius 3 is 2.79 bits per heavy atom. The normalized spacial score (nSPS) is 10.4. The molecule has 0 saturated heterocycles. The van der Waals surface area contributed by atoms with E-state index in [-0.39, 0.29) is 5.56 Å².